The number of rotatable bonds is 5. The normalized spacial score (nSPS) is 18.3. The van der Waals surface area contributed by atoms with Crippen molar-refractivity contribution in [2.45, 2.75) is 33.2 Å². The third-order valence-electron chi connectivity index (χ3n) is 7.01. The van der Waals surface area contributed by atoms with E-state index in [0.29, 0.717) is 5.91 Å². The van der Waals surface area contributed by atoms with Gasteiger partial charge in [0.2, 0.25) is 5.91 Å². The molecule has 0 spiro atoms. The van der Waals surface area contributed by atoms with E-state index in [2.05, 4.69) is 58.9 Å². The molecule has 2 fully saturated rings. The first-order valence-electron chi connectivity index (χ1n) is 11.5. The number of hydrogen-bond donors (Lipinski definition) is 0. The number of hydrogen-bond acceptors (Lipinski definition) is 4. The van der Waals surface area contributed by atoms with Crippen LogP contribution < -0.4 is 9.64 Å². The van der Waals surface area contributed by atoms with Gasteiger partial charge in [-0.2, -0.15) is 0 Å². The third-order valence-corrected chi connectivity index (χ3v) is 7.01. The largest absolute Gasteiger partial charge is 0.497 e. The van der Waals surface area contributed by atoms with Crippen LogP contribution >= 0.6 is 0 Å². The van der Waals surface area contributed by atoms with Gasteiger partial charge in [0.05, 0.1) is 7.11 Å². The number of benzene rings is 2. The number of ether oxygens (including phenoxy) is 1. The summed E-state index contributed by atoms with van der Waals surface area (Å²) >= 11 is 0. The number of amides is 1. The Morgan fingerprint density at radius 2 is 1.61 bits per heavy atom. The highest BCUT2D eigenvalue weighted by atomic mass is 16.5. The van der Waals surface area contributed by atoms with E-state index in [1.807, 2.05) is 12.1 Å². The Kier molecular flexibility index (Phi) is 6.81. The molecular formula is C26H35N3O2. The monoisotopic (exact) mass is 421 g/mol. The minimum absolute atomic E-state index is 0.180. The molecule has 1 amide bonds. The summed E-state index contributed by atoms with van der Waals surface area (Å²) in [6.07, 6.45) is 1.93. The highest BCUT2D eigenvalue weighted by Crippen LogP contribution is 2.26. The number of carbonyl (C=O) groups excluding carboxylic acids is 1. The molecule has 2 aromatic rings. The second-order valence-corrected chi connectivity index (χ2v) is 8.93. The molecule has 2 heterocycles. The first-order chi connectivity index (χ1) is 15.0. The van der Waals surface area contributed by atoms with E-state index in [1.54, 1.807) is 7.11 Å². The molecule has 5 heteroatoms. The van der Waals surface area contributed by atoms with Crippen LogP contribution in [0.1, 0.15) is 29.5 Å². The number of nitrogens with zero attached hydrogens (tertiary/aromatic N) is 3. The van der Waals surface area contributed by atoms with Crippen molar-refractivity contribution in [3.63, 3.8) is 0 Å². The van der Waals surface area contributed by atoms with Gasteiger partial charge in [-0.1, -0.05) is 24.3 Å². The molecule has 0 aromatic heterocycles. The van der Waals surface area contributed by atoms with Crippen molar-refractivity contribution in [2.75, 3.05) is 51.3 Å². The average molecular weight is 422 g/mol. The number of likely N-dealkylation sites (tertiary alicyclic amines) is 1. The molecule has 2 saturated heterocycles. The summed E-state index contributed by atoms with van der Waals surface area (Å²) in [5.41, 5.74) is 5.30. The molecule has 0 atom stereocenters. The fourth-order valence-electron chi connectivity index (χ4n) is 4.83. The number of anilines is 1. The first kappa shape index (κ1) is 21.7. The zero-order chi connectivity index (χ0) is 21.8. The molecule has 2 aliphatic rings. The van der Waals surface area contributed by atoms with Crippen LogP contribution in [-0.4, -0.2) is 62.1 Å². The summed E-state index contributed by atoms with van der Waals surface area (Å²) in [5, 5.41) is 0. The van der Waals surface area contributed by atoms with Crippen LogP contribution in [0.3, 0.4) is 0 Å². The second kappa shape index (κ2) is 9.73. The van der Waals surface area contributed by atoms with E-state index in [0.717, 1.165) is 64.4 Å². The van der Waals surface area contributed by atoms with Gasteiger partial charge in [-0.25, -0.2) is 0 Å². The number of piperidine rings is 1. The molecule has 5 nitrogen and oxygen atoms in total. The molecule has 0 bridgehead atoms. The van der Waals surface area contributed by atoms with Crippen molar-refractivity contribution >= 4 is 11.6 Å². The lowest BCUT2D eigenvalue weighted by molar-refractivity contribution is -0.137. The Labute approximate surface area is 186 Å². The maximum atomic E-state index is 13.1. The maximum absolute atomic E-state index is 13.1. The fourth-order valence-corrected chi connectivity index (χ4v) is 4.83. The zero-order valence-electron chi connectivity index (χ0n) is 19.1. The average Bonchev–Trinajstić information content (AvgIpc) is 2.81. The van der Waals surface area contributed by atoms with Gasteiger partial charge < -0.3 is 14.5 Å². The highest BCUT2D eigenvalue weighted by Gasteiger charge is 2.30. The van der Waals surface area contributed by atoms with Gasteiger partial charge in [-0.3, -0.25) is 9.69 Å². The van der Waals surface area contributed by atoms with Crippen molar-refractivity contribution in [3.8, 4) is 5.75 Å². The van der Waals surface area contributed by atoms with E-state index in [9.17, 15) is 4.79 Å². The molecule has 0 saturated carbocycles. The SMILES string of the molecule is COc1ccc(CN2CCC(C(=O)N3CCN(c4cccc(C)c4C)CC3)CC2)cc1. The van der Waals surface area contributed by atoms with Crippen LogP contribution in [0.2, 0.25) is 0 Å². The summed E-state index contributed by atoms with van der Waals surface area (Å²) in [6, 6.07) is 14.8. The summed E-state index contributed by atoms with van der Waals surface area (Å²) in [4.78, 5) is 20.1. The van der Waals surface area contributed by atoms with E-state index >= 15 is 0 Å². The number of methoxy groups -OCH3 is 1. The fraction of sp³-hybridized carbons (Fsp3) is 0.500. The van der Waals surface area contributed by atoms with Crippen molar-refractivity contribution in [1.29, 1.82) is 0 Å². The molecule has 31 heavy (non-hydrogen) atoms. The van der Waals surface area contributed by atoms with E-state index in [-0.39, 0.29) is 5.92 Å². The van der Waals surface area contributed by atoms with Gasteiger partial charge in [0, 0.05) is 44.3 Å². The Balaban J connectivity index is 1.25. The van der Waals surface area contributed by atoms with Crippen LogP contribution in [0.15, 0.2) is 42.5 Å². The van der Waals surface area contributed by atoms with Crippen molar-refractivity contribution in [1.82, 2.24) is 9.80 Å². The molecule has 0 unspecified atom stereocenters. The van der Waals surface area contributed by atoms with Crippen LogP contribution in [-0.2, 0) is 11.3 Å². The van der Waals surface area contributed by atoms with Gasteiger partial charge in [-0.15, -0.1) is 0 Å². The smallest absolute Gasteiger partial charge is 0.225 e. The standard InChI is InChI=1S/C26H35N3O2/c1-20-5-4-6-25(21(20)2)28-15-17-29(18-16-28)26(30)23-11-13-27(14-12-23)19-22-7-9-24(31-3)10-8-22/h4-10,23H,11-19H2,1-3H3. The quantitative estimate of drug-likeness (QED) is 0.734. The summed E-state index contributed by atoms with van der Waals surface area (Å²) in [6.45, 7) is 10.8. The molecular weight excluding hydrogens is 386 g/mol. The van der Waals surface area contributed by atoms with Crippen LogP contribution in [0.25, 0.3) is 0 Å². The van der Waals surface area contributed by atoms with Gasteiger partial charge >= 0.3 is 0 Å². The second-order valence-electron chi connectivity index (χ2n) is 8.93. The lowest BCUT2D eigenvalue weighted by Crippen LogP contribution is -2.51. The van der Waals surface area contributed by atoms with Gasteiger partial charge in [0.1, 0.15) is 5.75 Å². The minimum Gasteiger partial charge on any atom is -0.497 e. The number of carbonyl (C=O) groups is 1. The van der Waals surface area contributed by atoms with E-state index in [4.69, 9.17) is 4.74 Å². The third kappa shape index (κ3) is 5.04. The minimum atomic E-state index is 0.180. The topological polar surface area (TPSA) is 36.0 Å². The Morgan fingerprint density at radius 1 is 0.935 bits per heavy atom. The predicted octanol–water partition coefficient (Wildman–Crippen LogP) is 3.87. The Morgan fingerprint density at radius 3 is 2.26 bits per heavy atom. The molecule has 166 valence electrons. The summed E-state index contributed by atoms with van der Waals surface area (Å²) in [5.74, 6) is 1.44. The van der Waals surface area contributed by atoms with Crippen LogP contribution in [0.4, 0.5) is 5.69 Å². The van der Waals surface area contributed by atoms with Gasteiger partial charge in [0.15, 0.2) is 0 Å². The lowest BCUT2D eigenvalue weighted by Gasteiger charge is -2.40. The number of aryl methyl sites for hydroxylation is 1. The molecule has 4 rings (SSSR count). The Hall–Kier alpha value is -2.53. The molecule has 0 radical (unpaired) electrons. The van der Waals surface area contributed by atoms with Crippen molar-refractivity contribution in [2.24, 2.45) is 5.92 Å². The van der Waals surface area contributed by atoms with Crippen molar-refractivity contribution in [3.05, 3.63) is 59.2 Å². The first-order valence-corrected chi connectivity index (χ1v) is 11.5. The molecule has 0 N–H and O–H groups in total. The maximum Gasteiger partial charge on any atom is 0.225 e. The van der Waals surface area contributed by atoms with Crippen molar-refractivity contribution < 1.29 is 9.53 Å². The van der Waals surface area contributed by atoms with Crippen LogP contribution in [0.5, 0.6) is 5.75 Å². The predicted molar refractivity (Wildman–Crippen MR) is 126 cm³/mol. The Bertz CT molecular complexity index is 880. The van der Waals surface area contributed by atoms with Gasteiger partial charge in [0.25, 0.3) is 0 Å². The van der Waals surface area contributed by atoms with Crippen LogP contribution in [0, 0.1) is 19.8 Å². The lowest BCUT2D eigenvalue weighted by atomic mass is 9.94. The molecule has 0 aliphatic carbocycles. The number of piperazine rings is 1. The summed E-state index contributed by atoms with van der Waals surface area (Å²) < 4.78 is 5.24. The van der Waals surface area contributed by atoms with E-state index in [1.165, 1.54) is 22.4 Å². The molecule has 2 aromatic carbocycles. The highest BCUT2D eigenvalue weighted by molar-refractivity contribution is 5.79. The zero-order valence-corrected chi connectivity index (χ0v) is 19.1. The molecule has 2 aliphatic heterocycles. The van der Waals surface area contributed by atoms with E-state index < -0.39 is 0 Å². The summed E-state index contributed by atoms with van der Waals surface area (Å²) in [7, 11) is 1.69. The van der Waals surface area contributed by atoms with Gasteiger partial charge in [-0.05, 0) is 74.7 Å².